The SMILES string of the molecule is CC1CCC(NC(=O)N2CCC(N(C)C)C2)(C(=O)O)CC1. The molecule has 1 heterocycles. The van der Waals surface area contributed by atoms with E-state index in [0.29, 0.717) is 37.9 Å². The molecule has 0 bridgehead atoms. The Hall–Kier alpha value is -1.30. The molecule has 6 heteroatoms. The molecule has 0 aromatic heterocycles. The molecule has 1 unspecified atom stereocenters. The van der Waals surface area contributed by atoms with Crippen molar-refractivity contribution in [2.24, 2.45) is 5.92 Å². The van der Waals surface area contributed by atoms with Gasteiger partial charge >= 0.3 is 12.0 Å². The third-order valence-electron chi connectivity index (χ3n) is 5.06. The number of carboxylic acids is 1. The Bertz CT molecular complexity index is 403. The highest BCUT2D eigenvalue weighted by molar-refractivity contribution is 5.86. The summed E-state index contributed by atoms with van der Waals surface area (Å²) >= 11 is 0. The molecule has 0 spiro atoms. The minimum atomic E-state index is -1.07. The predicted octanol–water partition coefficient (Wildman–Crippen LogP) is 1.37. The number of aliphatic carboxylic acids is 1. The highest BCUT2D eigenvalue weighted by Crippen LogP contribution is 2.32. The van der Waals surface area contributed by atoms with Crippen molar-refractivity contribution in [1.29, 1.82) is 0 Å². The third-order valence-corrected chi connectivity index (χ3v) is 5.06. The lowest BCUT2D eigenvalue weighted by Crippen LogP contribution is -2.59. The minimum Gasteiger partial charge on any atom is -0.480 e. The van der Waals surface area contributed by atoms with Crippen LogP contribution in [-0.4, -0.2) is 65.7 Å². The van der Waals surface area contributed by atoms with E-state index in [2.05, 4.69) is 17.1 Å². The molecule has 2 amide bonds. The number of carboxylic acid groups (broad SMARTS) is 1. The molecule has 1 saturated carbocycles. The van der Waals surface area contributed by atoms with Gasteiger partial charge in [0.2, 0.25) is 0 Å². The number of carbonyl (C=O) groups excluding carboxylic acids is 1. The molecular weight excluding hydrogens is 270 g/mol. The van der Waals surface area contributed by atoms with E-state index < -0.39 is 11.5 Å². The Morgan fingerprint density at radius 1 is 1.24 bits per heavy atom. The molecule has 0 aromatic carbocycles. The van der Waals surface area contributed by atoms with Crippen LogP contribution in [0.5, 0.6) is 0 Å². The molecule has 2 aliphatic rings. The second-order valence-electron chi connectivity index (χ2n) is 6.85. The molecule has 2 fully saturated rings. The summed E-state index contributed by atoms with van der Waals surface area (Å²) in [5.74, 6) is -0.356. The summed E-state index contributed by atoms with van der Waals surface area (Å²) in [4.78, 5) is 27.9. The van der Waals surface area contributed by atoms with Gasteiger partial charge in [0.05, 0.1) is 0 Å². The van der Waals surface area contributed by atoms with Crippen LogP contribution in [0, 0.1) is 5.92 Å². The van der Waals surface area contributed by atoms with Crippen molar-refractivity contribution in [1.82, 2.24) is 15.1 Å². The Morgan fingerprint density at radius 2 is 1.86 bits per heavy atom. The van der Waals surface area contributed by atoms with Crippen molar-refractivity contribution in [2.75, 3.05) is 27.2 Å². The smallest absolute Gasteiger partial charge is 0.329 e. The Kier molecular flexibility index (Phi) is 4.76. The monoisotopic (exact) mass is 297 g/mol. The van der Waals surface area contributed by atoms with Gasteiger partial charge in [-0.3, -0.25) is 0 Å². The third kappa shape index (κ3) is 3.48. The molecule has 120 valence electrons. The van der Waals surface area contributed by atoms with Crippen LogP contribution >= 0.6 is 0 Å². The van der Waals surface area contributed by atoms with Gasteiger partial charge in [0.25, 0.3) is 0 Å². The number of nitrogens with zero attached hydrogens (tertiary/aromatic N) is 2. The first-order valence-corrected chi connectivity index (χ1v) is 7.81. The van der Waals surface area contributed by atoms with E-state index in [-0.39, 0.29) is 6.03 Å². The van der Waals surface area contributed by atoms with Gasteiger partial charge in [0.1, 0.15) is 5.54 Å². The zero-order valence-electron chi connectivity index (χ0n) is 13.3. The van der Waals surface area contributed by atoms with Gasteiger partial charge in [-0.15, -0.1) is 0 Å². The Labute approximate surface area is 126 Å². The second-order valence-corrected chi connectivity index (χ2v) is 6.85. The summed E-state index contributed by atoms with van der Waals surface area (Å²) in [6.45, 7) is 3.50. The van der Waals surface area contributed by atoms with E-state index in [1.54, 1.807) is 4.90 Å². The zero-order chi connectivity index (χ0) is 15.6. The van der Waals surface area contributed by atoms with Crippen LogP contribution in [0.1, 0.15) is 39.0 Å². The maximum atomic E-state index is 12.4. The van der Waals surface area contributed by atoms with E-state index in [1.165, 1.54) is 0 Å². The summed E-state index contributed by atoms with van der Waals surface area (Å²) in [6.07, 6.45) is 3.71. The molecule has 1 saturated heterocycles. The lowest BCUT2D eigenvalue weighted by atomic mass is 9.77. The first-order valence-electron chi connectivity index (χ1n) is 7.81. The fourth-order valence-electron chi connectivity index (χ4n) is 3.28. The maximum Gasteiger partial charge on any atom is 0.329 e. The number of hydrogen-bond donors (Lipinski definition) is 2. The first-order chi connectivity index (χ1) is 9.84. The highest BCUT2D eigenvalue weighted by Gasteiger charge is 2.43. The van der Waals surface area contributed by atoms with Gasteiger partial charge in [0.15, 0.2) is 0 Å². The number of urea groups is 1. The van der Waals surface area contributed by atoms with Crippen molar-refractivity contribution < 1.29 is 14.7 Å². The average Bonchev–Trinajstić information content (AvgIpc) is 2.91. The number of likely N-dealkylation sites (N-methyl/N-ethyl adjacent to an activating group) is 1. The van der Waals surface area contributed by atoms with Crippen molar-refractivity contribution in [3.05, 3.63) is 0 Å². The lowest BCUT2D eigenvalue weighted by Gasteiger charge is -2.37. The highest BCUT2D eigenvalue weighted by atomic mass is 16.4. The summed E-state index contributed by atoms with van der Waals surface area (Å²) < 4.78 is 0. The molecular formula is C15H27N3O3. The topological polar surface area (TPSA) is 72.9 Å². The summed E-state index contributed by atoms with van der Waals surface area (Å²) in [5.41, 5.74) is -1.07. The number of rotatable bonds is 3. The minimum absolute atomic E-state index is 0.226. The van der Waals surface area contributed by atoms with Crippen LogP contribution in [0.15, 0.2) is 0 Å². The van der Waals surface area contributed by atoms with Crippen molar-refractivity contribution >= 4 is 12.0 Å². The van der Waals surface area contributed by atoms with E-state index in [4.69, 9.17) is 0 Å². The lowest BCUT2D eigenvalue weighted by molar-refractivity contribution is -0.146. The molecule has 1 aliphatic heterocycles. The number of hydrogen-bond acceptors (Lipinski definition) is 3. The number of carbonyl (C=O) groups is 2. The normalized spacial score (nSPS) is 33.2. The molecule has 21 heavy (non-hydrogen) atoms. The zero-order valence-corrected chi connectivity index (χ0v) is 13.3. The molecule has 1 atom stereocenters. The largest absolute Gasteiger partial charge is 0.480 e. The summed E-state index contributed by atoms with van der Waals surface area (Å²) in [7, 11) is 4.01. The van der Waals surface area contributed by atoms with Crippen LogP contribution in [-0.2, 0) is 4.79 Å². The van der Waals surface area contributed by atoms with Crippen molar-refractivity contribution in [3.8, 4) is 0 Å². The van der Waals surface area contributed by atoms with Crippen molar-refractivity contribution in [2.45, 2.75) is 50.6 Å². The fraction of sp³-hybridized carbons (Fsp3) is 0.867. The van der Waals surface area contributed by atoms with Gasteiger partial charge in [-0.05, 0) is 52.1 Å². The Balaban J connectivity index is 1.98. The van der Waals surface area contributed by atoms with Crippen LogP contribution in [0.4, 0.5) is 4.79 Å². The molecule has 2 N–H and O–H groups in total. The van der Waals surface area contributed by atoms with Crippen LogP contribution in [0.3, 0.4) is 0 Å². The molecule has 0 aromatic rings. The van der Waals surface area contributed by atoms with Gasteiger partial charge < -0.3 is 20.2 Å². The summed E-state index contributed by atoms with van der Waals surface area (Å²) in [6, 6.07) is 0.138. The van der Waals surface area contributed by atoms with Gasteiger partial charge in [0, 0.05) is 19.1 Å². The van der Waals surface area contributed by atoms with Crippen molar-refractivity contribution in [3.63, 3.8) is 0 Å². The molecule has 1 aliphatic carbocycles. The van der Waals surface area contributed by atoms with E-state index in [0.717, 1.165) is 19.3 Å². The number of likely N-dealkylation sites (tertiary alicyclic amines) is 1. The average molecular weight is 297 g/mol. The summed E-state index contributed by atoms with van der Waals surface area (Å²) in [5, 5.41) is 12.4. The molecule has 0 radical (unpaired) electrons. The van der Waals surface area contributed by atoms with E-state index in [9.17, 15) is 14.7 Å². The van der Waals surface area contributed by atoms with E-state index in [1.807, 2.05) is 14.1 Å². The Morgan fingerprint density at radius 3 is 2.33 bits per heavy atom. The number of amides is 2. The molecule has 2 rings (SSSR count). The predicted molar refractivity (Wildman–Crippen MR) is 80.2 cm³/mol. The van der Waals surface area contributed by atoms with E-state index >= 15 is 0 Å². The second kappa shape index (κ2) is 6.22. The van der Waals surface area contributed by atoms with Gasteiger partial charge in [-0.25, -0.2) is 9.59 Å². The van der Waals surface area contributed by atoms with Gasteiger partial charge in [-0.1, -0.05) is 6.92 Å². The van der Waals surface area contributed by atoms with Gasteiger partial charge in [-0.2, -0.15) is 0 Å². The van der Waals surface area contributed by atoms with Crippen LogP contribution < -0.4 is 5.32 Å². The standard InChI is InChI=1S/C15H27N3O3/c1-11-4-7-15(8-5-11,13(19)20)16-14(21)18-9-6-12(10-18)17(2)3/h11-12H,4-10H2,1-3H3,(H,16,21)(H,19,20). The van der Waals surface area contributed by atoms with Crippen LogP contribution in [0.2, 0.25) is 0 Å². The van der Waals surface area contributed by atoms with Crippen LogP contribution in [0.25, 0.3) is 0 Å². The first kappa shape index (κ1) is 16.1. The quantitative estimate of drug-likeness (QED) is 0.825. The number of nitrogens with one attached hydrogen (secondary N) is 1. The maximum absolute atomic E-state index is 12.4. The fourth-order valence-corrected chi connectivity index (χ4v) is 3.28. The molecule has 6 nitrogen and oxygen atoms in total.